The van der Waals surface area contributed by atoms with E-state index in [1.54, 1.807) is 12.1 Å². The number of nitrogens with zero attached hydrogens (tertiary/aromatic N) is 5. The maximum atomic E-state index is 13.5. The van der Waals surface area contributed by atoms with Gasteiger partial charge in [-0.25, -0.2) is 9.38 Å². The highest BCUT2D eigenvalue weighted by molar-refractivity contribution is 7.98. The van der Waals surface area contributed by atoms with Crippen LogP contribution in [0.3, 0.4) is 0 Å². The van der Waals surface area contributed by atoms with E-state index >= 15 is 0 Å². The van der Waals surface area contributed by atoms with Gasteiger partial charge in [0.2, 0.25) is 0 Å². The molecule has 0 aliphatic carbocycles. The molecule has 7 nitrogen and oxygen atoms in total. The van der Waals surface area contributed by atoms with Gasteiger partial charge in [0.05, 0.1) is 0 Å². The maximum absolute atomic E-state index is 13.5. The van der Waals surface area contributed by atoms with Crippen LogP contribution < -0.4 is 15.5 Å². The number of nitrogens with one attached hydrogen (secondary N) is 2. The Kier molecular flexibility index (Phi) is 8.57. The number of guanidine groups is 1. The summed E-state index contributed by atoms with van der Waals surface area (Å²) in [5, 5.41) is 15.4. The lowest BCUT2D eigenvalue weighted by molar-refractivity contribution is 0.467. The first-order valence-electron chi connectivity index (χ1n) is 10.9. The molecular formula is C22H34FN7S. The Labute approximate surface area is 188 Å². The molecule has 170 valence electrons. The lowest BCUT2D eigenvalue weighted by Crippen LogP contribution is -2.51. The predicted molar refractivity (Wildman–Crippen MR) is 127 cm³/mol. The molecule has 1 aliphatic rings. The second-order valence-electron chi connectivity index (χ2n) is 8.02. The van der Waals surface area contributed by atoms with Gasteiger partial charge in [-0.2, -0.15) is 11.8 Å². The third-order valence-corrected chi connectivity index (χ3v) is 6.34. The molecule has 2 N–H and O–H groups in total. The van der Waals surface area contributed by atoms with Gasteiger partial charge in [0, 0.05) is 38.4 Å². The Morgan fingerprint density at radius 3 is 2.87 bits per heavy atom. The summed E-state index contributed by atoms with van der Waals surface area (Å²) in [5.74, 6) is 3.46. The van der Waals surface area contributed by atoms with Crippen molar-refractivity contribution in [2.75, 3.05) is 36.5 Å². The summed E-state index contributed by atoms with van der Waals surface area (Å²) in [6.45, 7) is 7.10. The first-order valence-corrected chi connectivity index (χ1v) is 12.3. The fourth-order valence-corrected chi connectivity index (χ4v) is 4.23. The highest BCUT2D eigenvalue weighted by Crippen LogP contribution is 2.24. The van der Waals surface area contributed by atoms with Crippen molar-refractivity contribution in [2.24, 2.45) is 12.0 Å². The Balaban J connectivity index is 1.66. The van der Waals surface area contributed by atoms with Gasteiger partial charge in [-0.3, -0.25) is 0 Å². The second-order valence-corrected chi connectivity index (χ2v) is 9.01. The van der Waals surface area contributed by atoms with Crippen molar-refractivity contribution in [3.63, 3.8) is 0 Å². The minimum absolute atomic E-state index is 0.184. The lowest BCUT2D eigenvalue weighted by Gasteiger charge is -2.36. The zero-order valence-electron chi connectivity index (χ0n) is 19.0. The van der Waals surface area contributed by atoms with E-state index in [1.165, 1.54) is 0 Å². The number of hydrogen-bond donors (Lipinski definition) is 2. The van der Waals surface area contributed by atoms with Crippen LogP contribution in [0.4, 0.5) is 10.1 Å². The van der Waals surface area contributed by atoms with Crippen molar-refractivity contribution >= 4 is 23.4 Å². The van der Waals surface area contributed by atoms with Gasteiger partial charge in [-0.05, 0) is 68.9 Å². The minimum atomic E-state index is -0.184. The number of aromatic nitrogens is 3. The van der Waals surface area contributed by atoms with Gasteiger partial charge in [-0.1, -0.05) is 0 Å². The molecule has 1 atom stereocenters. The van der Waals surface area contributed by atoms with Crippen molar-refractivity contribution in [2.45, 2.75) is 45.7 Å². The first kappa shape index (κ1) is 23.4. The smallest absolute Gasteiger partial charge is 0.191 e. The van der Waals surface area contributed by atoms with Crippen LogP contribution in [0.5, 0.6) is 0 Å². The Morgan fingerprint density at radius 1 is 1.32 bits per heavy atom. The van der Waals surface area contributed by atoms with Gasteiger partial charge in [-0.15, -0.1) is 10.2 Å². The number of halogens is 1. The highest BCUT2D eigenvalue weighted by Gasteiger charge is 2.22. The van der Waals surface area contributed by atoms with Gasteiger partial charge in [0.15, 0.2) is 11.8 Å². The Morgan fingerprint density at radius 2 is 2.16 bits per heavy atom. The molecule has 0 amide bonds. The number of benzene rings is 1. The van der Waals surface area contributed by atoms with Crippen molar-refractivity contribution < 1.29 is 4.39 Å². The van der Waals surface area contributed by atoms with Crippen LogP contribution in [0.2, 0.25) is 0 Å². The van der Waals surface area contributed by atoms with E-state index < -0.39 is 0 Å². The molecule has 9 heteroatoms. The summed E-state index contributed by atoms with van der Waals surface area (Å²) in [6, 6.07) is 5.31. The van der Waals surface area contributed by atoms with Crippen molar-refractivity contribution in [1.82, 2.24) is 25.4 Å². The molecule has 1 aliphatic heterocycles. The van der Waals surface area contributed by atoms with Crippen LogP contribution >= 0.6 is 11.8 Å². The van der Waals surface area contributed by atoms with Crippen molar-refractivity contribution in [3.05, 3.63) is 41.2 Å². The molecule has 1 fully saturated rings. The number of thioether (sulfide) groups is 1. The summed E-state index contributed by atoms with van der Waals surface area (Å²) < 4.78 is 15.5. The number of piperidine rings is 1. The molecule has 1 saturated heterocycles. The third-order valence-electron chi connectivity index (χ3n) is 5.64. The molecule has 1 unspecified atom stereocenters. The second kappa shape index (κ2) is 11.4. The van der Waals surface area contributed by atoms with Crippen LogP contribution in [-0.2, 0) is 13.6 Å². The number of aryl methyl sites for hydroxylation is 2. The van der Waals surface area contributed by atoms with Crippen LogP contribution in [0.25, 0.3) is 0 Å². The van der Waals surface area contributed by atoms with E-state index in [0.717, 1.165) is 73.5 Å². The summed E-state index contributed by atoms with van der Waals surface area (Å²) in [4.78, 5) is 7.12. The van der Waals surface area contributed by atoms with Gasteiger partial charge >= 0.3 is 0 Å². The van der Waals surface area contributed by atoms with E-state index in [-0.39, 0.29) is 11.9 Å². The SMILES string of the molecule is CSCCCNC(=NCc1nnc(C)n1C)NC1CCCN(c2ccc(F)cc2C)C1. The van der Waals surface area contributed by atoms with Gasteiger partial charge in [0.1, 0.15) is 18.2 Å². The number of hydrogen-bond acceptors (Lipinski definition) is 5. The summed E-state index contributed by atoms with van der Waals surface area (Å²) in [5.41, 5.74) is 2.08. The highest BCUT2D eigenvalue weighted by atomic mass is 32.2. The average molecular weight is 448 g/mol. The first-order chi connectivity index (χ1) is 15.0. The number of anilines is 1. The average Bonchev–Trinajstić information content (AvgIpc) is 3.07. The van der Waals surface area contributed by atoms with Gasteiger partial charge < -0.3 is 20.1 Å². The van der Waals surface area contributed by atoms with E-state index in [2.05, 4.69) is 32.0 Å². The maximum Gasteiger partial charge on any atom is 0.191 e. The fourth-order valence-electron chi connectivity index (χ4n) is 3.80. The van der Waals surface area contributed by atoms with Crippen LogP contribution in [0, 0.1) is 19.7 Å². The van der Waals surface area contributed by atoms with Crippen LogP contribution in [0.1, 0.15) is 36.5 Å². The molecular weight excluding hydrogens is 413 g/mol. The molecule has 1 aromatic heterocycles. The predicted octanol–water partition coefficient (Wildman–Crippen LogP) is 3.03. The number of aliphatic imine (C=N–C) groups is 1. The van der Waals surface area contributed by atoms with E-state index in [1.807, 2.05) is 43.3 Å². The molecule has 2 aromatic rings. The molecule has 0 bridgehead atoms. The molecule has 0 radical (unpaired) electrons. The Hall–Kier alpha value is -2.29. The van der Waals surface area contributed by atoms with Gasteiger partial charge in [0.25, 0.3) is 0 Å². The number of rotatable bonds is 8. The largest absolute Gasteiger partial charge is 0.369 e. The lowest BCUT2D eigenvalue weighted by atomic mass is 10.0. The normalized spacial score (nSPS) is 17.1. The Bertz CT molecular complexity index is 883. The zero-order valence-corrected chi connectivity index (χ0v) is 19.8. The molecule has 3 rings (SSSR count). The fraction of sp³-hybridized carbons (Fsp3) is 0.591. The summed E-state index contributed by atoms with van der Waals surface area (Å²) in [7, 11) is 1.96. The monoisotopic (exact) mass is 447 g/mol. The molecule has 1 aromatic carbocycles. The van der Waals surface area contributed by atoms with E-state index in [0.29, 0.717) is 6.54 Å². The van der Waals surface area contributed by atoms with Crippen LogP contribution in [0.15, 0.2) is 23.2 Å². The summed E-state index contributed by atoms with van der Waals surface area (Å²) in [6.07, 6.45) is 5.36. The van der Waals surface area contributed by atoms with E-state index in [9.17, 15) is 4.39 Å². The standard InChI is InChI=1S/C22H34FN7S/c1-16-13-18(23)8-9-20(16)30-11-5-7-19(15-30)26-22(24-10-6-12-31-4)25-14-21-28-27-17(2)29(21)3/h8-9,13,19H,5-7,10-12,14-15H2,1-4H3,(H2,24,25,26). The zero-order chi connectivity index (χ0) is 22.2. The quantitative estimate of drug-likeness (QED) is 0.368. The topological polar surface area (TPSA) is 70.4 Å². The summed E-state index contributed by atoms with van der Waals surface area (Å²) >= 11 is 1.85. The molecule has 31 heavy (non-hydrogen) atoms. The molecule has 2 heterocycles. The molecule has 0 saturated carbocycles. The molecule has 0 spiro atoms. The van der Waals surface area contributed by atoms with Crippen molar-refractivity contribution in [3.8, 4) is 0 Å². The van der Waals surface area contributed by atoms with E-state index in [4.69, 9.17) is 4.99 Å². The van der Waals surface area contributed by atoms with Crippen molar-refractivity contribution in [1.29, 1.82) is 0 Å². The van der Waals surface area contributed by atoms with Crippen LogP contribution in [-0.4, -0.2) is 58.4 Å². The minimum Gasteiger partial charge on any atom is -0.369 e. The third kappa shape index (κ3) is 6.59.